The van der Waals surface area contributed by atoms with Crippen molar-refractivity contribution in [2.45, 2.75) is 19.0 Å². The molecule has 0 N–H and O–H groups in total. The molecule has 70 valence electrons. The summed E-state index contributed by atoms with van der Waals surface area (Å²) in [6.45, 7) is -1.73. The lowest BCUT2D eigenvalue weighted by atomic mass is 10.3. The Morgan fingerprint density at radius 2 is 2.00 bits per heavy atom. The molecule has 0 aromatic rings. The maximum absolute atomic E-state index is 11.5. The van der Waals surface area contributed by atoms with Crippen LogP contribution in [0.2, 0.25) is 0 Å². The first-order chi connectivity index (χ1) is 5.49. The highest BCUT2D eigenvalue weighted by Gasteiger charge is 2.31. The molecule has 0 amide bonds. The van der Waals surface area contributed by atoms with E-state index in [1.807, 2.05) is 0 Å². The molecule has 0 atom stereocenters. The maximum Gasteiger partial charge on any atom is 0.411 e. The summed E-state index contributed by atoms with van der Waals surface area (Å²) < 4.78 is 38.6. The van der Waals surface area contributed by atoms with E-state index in [-0.39, 0.29) is 11.7 Å². The number of ether oxygens (including phenoxy) is 1. The molecule has 0 saturated heterocycles. The van der Waals surface area contributed by atoms with Crippen LogP contribution in [0.1, 0.15) is 12.8 Å². The van der Waals surface area contributed by atoms with E-state index in [0.29, 0.717) is 0 Å². The molecule has 0 heterocycles. The van der Waals surface area contributed by atoms with E-state index in [4.69, 9.17) is 0 Å². The summed E-state index contributed by atoms with van der Waals surface area (Å²) in [5.41, 5.74) is 0. The molecular formula is C7H9F3O2. The van der Waals surface area contributed by atoms with Crippen LogP contribution in [0.15, 0.2) is 0 Å². The van der Waals surface area contributed by atoms with Crippen LogP contribution in [0.5, 0.6) is 0 Å². The molecule has 0 aliphatic heterocycles. The summed E-state index contributed by atoms with van der Waals surface area (Å²) in [7, 11) is 0. The first kappa shape index (κ1) is 9.51. The van der Waals surface area contributed by atoms with Crippen molar-refractivity contribution in [2.24, 2.45) is 5.92 Å². The molecule has 0 aromatic carbocycles. The summed E-state index contributed by atoms with van der Waals surface area (Å²) in [5.74, 6) is -0.238. The van der Waals surface area contributed by atoms with Gasteiger partial charge in [-0.2, -0.15) is 13.2 Å². The molecule has 12 heavy (non-hydrogen) atoms. The third-order valence-electron chi connectivity index (χ3n) is 1.54. The second-order valence-electron chi connectivity index (χ2n) is 2.85. The van der Waals surface area contributed by atoms with Gasteiger partial charge in [-0.1, -0.05) is 0 Å². The van der Waals surface area contributed by atoms with E-state index >= 15 is 0 Å². The van der Waals surface area contributed by atoms with Crippen LogP contribution in [-0.2, 0) is 9.53 Å². The molecule has 0 unspecified atom stereocenters. The van der Waals surface area contributed by atoms with Crippen molar-refractivity contribution in [3.8, 4) is 0 Å². The topological polar surface area (TPSA) is 26.3 Å². The lowest BCUT2D eigenvalue weighted by Gasteiger charge is -2.05. The van der Waals surface area contributed by atoms with Gasteiger partial charge in [0.2, 0.25) is 0 Å². The van der Waals surface area contributed by atoms with Crippen molar-refractivity contribution in [1.82, 2.24) is 0 Å². The fraction of sp³-hybridized carbons (Fsp3) is 0.857. The monoisotopic (exact) mass is 182 g/mol. The van der Waals surface area contributed by atoms with Crippen LogP contribution in [0.4, 0.5) is 13.2 Å². The van der Waals surface area contributed by atoms with Gasteiger partial charge in [-0.25, -0.2) is 0 Å². The zero-order valence-corrected chi connectivity index (χ0v) is 6.36. The minimum Gasteiger partial charge on any atom is -0.364 e. The molecule has 1 fully saturated rings. The Hall–Kier alpha value is -0.580. The van der Waals surface area contributed by atoms with Gasteiger partial charge in [0.05, 0.1) is 0 Å². The van der Waals surface area contributed by atoms with Crippen LogP contribution in [0, 0.1) is 5.92 Å². The van der Waals surface area contributed by atoms with Gasteiger partial charge in [0.15, 0.2) is 5.78 Å². The highest BCUT2D eigenvalue weighted by atomic mass is 19.4. The maximum atomic E-state index is 11.5. The fourth-order valence-electron chi connectivity index (χ4n) is 0.791. The quantitative estimate of drug-likeness (QED) is 0.659. The predicted octanol–water partition coefficient (Wildman–Crippen LogP) is 1.54. The summed E-state index contributed by atoms with van der Waals surface area (Å²) in [6, 6.07) is 0. The molecule has 2 nitrogen and oxygen atoms in total. The number of rotatable bonds is 4. The number of alkyl halides is 3. The highest BCUT2D eigenvalue weighted by molar-refractivity contribution is 5.84. The van der Waals surface area contributed by atoms with Crippen LogP contribution in [-0.4, -0.2) is 25.2 Å². The number of Topliss-reactive ketones (excluding diaryl/α,β-unsaturated/α-hetero) is 1. The number of carbonyl (C=O) groups is 1. The molecule has 0 radical (unpaired) electrons. The van der Waals surface area contributed by atoms with Crippen LogP contribution in [0.25, 0.3) is 0 Å². The lowest BCUT2D eigenvalue weighted by molar-refractivity contribution is -0.175. The summed E-state index contributed by atoms with van der Waals surface area (Å²) >= 11 is 0. The van der Waals surface area contributed by atoms with E-state index in [9.17, 15) is 18.0 Å². The SMILES string of the molecule is O=C(COCC(F)(F)F)C1CC1. The molecule has 0 bridgehead atoms. The van der Waals surface area contributed by atoms with Gasteiger partial charge in [0.25, 0.3) is 0 Å². The Labute approximate surface area is 67.7 Å². The number of carbonyl (C=O) groups excluding carboxylic acids is 1. The van der Waals surface area contributed by atoms with Gasteiger partial charge >= 0.3 is 6.18 Å². The van der Waals surface area contributed by atoms with Gasteiger partial charge in [-0.05, 0) is 12.8 Å². The average Bonchev–Trinajstić information content (AvgIpc) is 2.64. The van der Waals surface area contributed by atoms with E-state index < -0.39 is 19.4 Å². The molecule has 1 aliphatic carbocycles. The van der Waals surface area contributed by atoms with E-state index in [1.54, 1.807) is 0 Å². The van der Waals surface area contributed by atoms with Crippen LogP contribution < -0.4 is 0 Å². The molecule has 1 saturated carbocycles. The highest BCUT2D eigenvalue weighted by Crippen LogP contribution is 2.29. The van der Waals surface area contributed by atoms with Crippen molar-refractivity contribution < 1.29 is 22.7 Å². The Balaban J connectivity index is 2.05. The second kappa shape index (κ2) is 3.43. The Morgan fingerprint density at radius 3 is 2.42 bits per heavy atom. The fourth-order valence-corrected chi connectivity index (χ4v) is 0.791. The van der Waals surface area contributed by atoms with Crippen LogP contribution in [0.3, 0.4) is 0 Å². The number of halogens is 3. The first-order valence-corrected chi connectivity index (χ1v) is 3.66. The third kappa shape index (κ3) is 3.71. The molecule has 5 heteroatoms. The summed E-state index contributed by atoms with van der Waals surface area (Å²) in [6.07, 6.45) is -2.73. The largest absolute Gasteiger partial charge is 0.411 e. The van der Waals surface area contributed by atoms with Crippen LogP contribution >= 0.6 is 0 Å². The van der Waals surface area contributed by atoms with Gasteiger partial charge in [0, 0.05) is 5.92 Å². The molecule has 1 aliphatic rings. The summed E-state index contributed by atoms with van der Waals surface area (Å²) in [5, 5.41) is 0. The van der Waals surface area contributed by atoms with Gasteiger partial charge in [-0.3, -0.25) is 4.79 Å². The Kier molecular flexibility index (Phi) is 2.72. The molecule has 1 rings (SSSR count). The van der Waals surface area contributed by atoms with E-state index in [0.717, 1.165) is 12.8 Å². The normalized spacial score (nSPS) is 17.9. The standard InChI is InChI=1S/C7H9F3O2/c8-7(9,10)4-12-3-6(11)5-1-2-5/h5H,1-4H2. The second-order valence-corrected chi connectivity index (χ2v) is 2.85. The Morgan fingerprint density at radius 1 is 1.42 bits per heavy atom. The molecule has 0 aromatic heterocycles. The average molecular weight is 182 g/mol. The number of hydrogen-bond acceptors (Lipinski definition) is 2. The first-order valence-electron chi connectivity index (χ1n) is 3.66. The smallest absolute Gasteiger partial charge is 0.364 e. The third-order valence-corrected chi connectivity index (χ3v) is 1.54. The zero-order chi connectivity index (χ0) is 9.19. The lowest BCUT2D eigenvalue weighted by Crippen LogP contribution is -2.20. The van der Waals surface area contributed by atoms with Gasteiger partial charge in [0.1, 0.15) is 13.2 Å². The van der Waals surface area contributed by atoms with Crippen molar-refractivity contribution >= 4 is 5.78 Å². The van der Waals surface area contributed by atoms with E-state index in [1.165, 1.54) is 0 Å². The number of hydrogen-bond donors (Lipinski definition) is 0. The van der Waals surface area contributed by atoms with Crippen molar-refractivity contribution in [1.29, 1.82) is 0 Å². The Bertz CT molecular complexity index is 172. The minimum absolute atomic E-state index is 0.0294. The van der Waals surface area contributed by atoms with Crippen molar-refractivity contribution in [3.05, 3.63) is 0 Å². The zero-order valence-electron chi connectivity index (χ0n) is 6.36. The summed E-state index contributed by atoms with van der Waals surface area (Å²) in [4.78, 5) is 10.8. The van der Waals surface area contributed by atoms with Crippen molar-refractivity contribution in [2.75, 3.05) is 13.2 Å². The molecule has 0 spiro atoms. The van der Waals surface area contributed by atoms with Gasteiger partial charge < -0.3 is 4.74 Å². The number of ketones is 1. The van der Waals surface area contributed by atoms with E-state index in [2.05, 4.69) is 4.74 Å². The molecular weight excluding hydrogens is 173 g/mol. The predicted molar refractivity (Wildman–Crippen MR) is 34.6 cm³/mol. The van der Waals surface area contributed by atoms with Gasteiger partial charge in [-0.15, -0.1) is 0 Å². The minimum atomic E-state index is -4.33. The van der Waals surface area contributed by atoms with Crippen molar-refractivity contribution in [3.63, 3.8) is 0 Å².